The highest BCUT2D eigenvalue weighted by Gasteiger charge is 2.44. The average molecular weight is 352 g/mol. The molecule has 2 heterocycles. The summed E-state index contributed by atoms with van der Waals surface area (Å²) in [6, 6.07) is 9.76. The molecule has 1 saturated carbocycles. The van der Waals surface area contributed by atoms with Gasteiger partial charge >= 0.3 is 0 Å². The van der Waals surface area contributed by atoms with Gasteiger partial charge in [0.2, 0.25) is 0 Å². The van der Waals surface area contributed by atoms with Crippen molar-refractivity contribution in [2.24, 2.45) is 5.92 Å². The Morgan fingerprint density at radius 1 is 1.38 bits per heavy atom. The van der Waals surface area contributed by atoms with Gasteiger partial charge < -0.3 is 14.4 Å². The molecule has 1 amide bonds. The Kier molecular flexibility index (Phi) is 5.00. The summed E-state index contributed by atoms with van der Waals surface area (Å²) >= 11 is 0. The van der Waals surface area contributed by atoms with E-state index in [1.165, 1.54) is 0 Å². The van der Waals surface area contributed by atoms with Gasteiger partial charge in [-0.3, -0.25) is 9.78 Å². The van der Waals surface area contributed by atoms with E-state index in [1.807, 2.05) is 35.2 Å². The number of morpholine rings is 1. The molecule has 26 heavy (non-hydrogen) atoms. The Bertz CT molecular complexity index is 807. The topological polar surface area (TPSA) is 51.7 Å². The molecular formula is C21H24N2O3. The standard InChI is InChI=1S/C21H24N2O3/c1-2-11-25-14-17-6-8-19-20(17)26-12-10-23(19)21(24)16-5-7-18-15(13-16)4-3-9-22-18/h2-5,7,9,13,17,19-20H,1,6,8,10-12,14H2. The molecule has 2 fully saturated rings. The fraction of sp³-hybridized carbons (Fsp3) is 0.429. The van der Waals surface area contributed by atoms with Crippen molar-refractivity contribution in [3.8, 4) is 0 Å². The maximum Gasteiger partial charge on any atom is 0.254 e. The fourth-order valence-electron chi connectivity index (χ4n) is 4.17. The molecule has 2 aliphatic rings. The lowest BCUT2D eigenvalue weighted by Gasteiger charge is -2.39. The smallest absolute Gasteiger partial charge is 0.254 e. The minimum absolute atomic E-state index is 0.0691. The van der Waals surface area contributed by atoms with Crippen LogP contribution in [-0.4, -0.2) is 54.3 Å². The van der Waals surface area contributed by atoms with E-state index >= 15 is 0 Å². The van der Waals surface area contributed by atoms with Crippen LogP contribution in [0.25, 0.3) is 10.9 Å². The lowest BCUT2D eigenvalue weighted by Crippen LogP contribution is -2.53. The number of rotatable bonds is 5. The SMILES string of the molecule is C=CCOCC1CCC2C1OCCN2C(=O)c1ccc2ncccc2c1. The summed E-state index contributed by atoms with van der Waals surface area (Å²) in [5.74, 6) is 0.429. The average Bonchev–Trinajstić information content (AvgIpc) is 3.10. The highest BCUT2D eigenvalue weighted by molar-refractivity contribution is 5.98. The number of nitrogens with zero attached hydrogens (tertiary/aromatic N) is 2. The molecule has 5 heteroatoms. The van der Waals surface area contributed by atoms with Crippen molar-refractivity contribution >= 4 is 16.8 Å². The molecular weight excluding hydrogens is 328 g/mol. The van der Waals surface area contributed by atoms with Gasteiger partial charge in [0.05, 0.1) is 37.5 Å². The number of benzene rings is 1. The second kappa shape index (κ2) is 7.56. The molecule has 3 unspecified atom stereocenters. The van der Waals surface area contributed by atoms with Crippen LogP contribution in [0, 0.1) is 5.92 Å². The van der Waals surface area contributed by atoms with E-state index in [0.29, 0.717) is 32.3 Å². The first-order chi connectivity index (χ1) is 12.8. The van der Waals surface area contributed by atoms with Crippen molar-refractivity contribution in [3.63, 3.8) is 0 Å². The van der Waals surface area contributed by atoms with Crippen molar-refractivity contribution in [2.75, 3.05) is 26.4 Å². The Hall–Kier alpha value is -2.24. The predicted octanol–water partition coefficient (Wildman–Crippen LogP) is 3.06. The molecule has 0 N–H and O–H groups in total. The van der Waals surface area contributed by atoms with E-state index in [-0.39, 0.29) is 18.1 Å². The minimum Gasteiger partial charge on any atom is -0.377 e. The quantitative estimate of drug-likeness (QED) is 0.613. The van der Waals surface area contributed by atoms with Crippen LogP contribution >= 0.6 is 0 Å². The lowest BCUT2D eigenvalue weighted by atomic mass is 10.0. The second-order valence-corrected chi connectivity index (χ2v) is 6.98. The van der Waals surface area contributed by atoms with Crippen molar-refractivity contribution in [2.45, 2.75) is 25.0 Å². The van der Waals surface area contributed by atoms with E-state index in [2.05, 4.69) is 11.6 Å². The van der Waals surface area contributed by atoms with Gasteiger partial charge in [0.1, 0.15) is 0 Å². The minimum atomic E-state index is 0.0691. The monoisotopic (exact) mass is 352 g/mol. The summed E-state index contributed by atoms with van der Waals surface area (Å²) < 4.78 is 11.7. The third kappa shape index (κ3) is 3.24. The zero-order chi connectivity index (χ0) is 17.9. The first-order valence-corrected chi connectivity index (χ1v) is 9.24. The van der Waals surface area contributed by atoms with Gasteiger partial charge in [-0.15, -0.1) is 6.58 Å². The van der Waals surface area contributed by atoms with Gasteiger partial charge in [-0.25, -0.2) is 0 Å². The number of aromatic nitrogens is 1. The number of ether oxygens (including phenoxy) is 2. The fourth-order valence-corrected chi connectivity index (χ4v) is 4.17. The number of hydrogen-bond donors (Lipinski definition) is 0. The molecule has 0 bridgehead atoms. The Morgan fingerprint density at radius 3 is 3.19 bits per heavy atom. The van der Waals surface area contributed by atoms with E-state index in [1.54, 1.807) is 12.3 Å². The zero-order valence-electron chi connectivity index (χ0n) is 14.8. The van der Waals surface area contributed by atoms with Crippen molar-refractivity contribution < 1.29 is 14.3 Å². The Labute approximate surface area is 153 Å². The molecule has 0 spiro atoms. The number of amides is 1. The summed E-state index contributed by atoms with van der Waals surface area (Å²) in [5, 5.41) is 0.991. The van der Waals surface area contributed by atoms with Crippen LogP contribution in [-0.2, 0) is 9.47 Å². The second-order valence-electron chi connectivity index (χ2n) is 6.98. The largest absolute Gasteiger partial charge is 0.377 e. The van der Waals surface area contributed by atoms with Crippen LogP contribution in [0.15, 0.2) is 49.2 Å². The lowest BCUT2D eigenvalue weighted by molar-refractivity contribution is -0.0738. The molecule has 136 valence electrons. The first-order valence-electron chi connectivity index (χ1n) is 9.24. The molecule has 0 radical (unpaired) electrons. The van der Waals surface area contributed by atoms with Crippen LogP contribution in [0.2, 0.25) is 0 Å². The molecule has 1 aromatic heterocycles. The van der Waals surface area contributed by atoms with Gasteiger partial charge in [0.15, 0.2) is 0 Å². The molecule has 1 saturated heterocycles. The van der Waals surface area contributed by atoms with Gasteiger partial charge in [-0.05, 0) is 37.1 Å². The molecule has 5 nitrogen and oxygen atoms in total. The van der Waals surface area contributed by atoms with Crippen LogP contribution in [0.1, 0.15) is 23.2 Å². The number of carbonyl (C=O) groups is 1. The number of carbonyl (C=O) groups excluding carboxylic acids is 1. The van der Waals surface area contributed by atoms with Crippen molar-refractivity contribution in [1.29, 1.82) is 0 Å². The normalized spacial score (nSPS) is 25.2. The molecule has 4 rings (SSSR count). The summed E-state index contributed by atoms with van der Waals surface area (Å²) in [6.45, 7) is 6.13. The third-order valence-corrected chi connectivity index (χ3v) is 5.40. The highest BCUT2D eigenvalue weighted by Crippen LogP contribution is 2.35. The number of pyridine rings is 1. The highest BCUT2D eigenvalue weighted by atomic mass is 16.5. The maximum absolute atomic E-state index is 13.2. The summed E-state index contributed by atoms with van der Waals surface area (Å²) in [5.41, 5.74) is 1.63. The molecule has 1 aliphatic carbocycles. The van der Waals surface area contributed by atoms with Gasteiger partial charge in [0.25, 0.3) is 5.91 Å². The van der Waals surface area contributed by atoms with Gasteiger partial charge in [0, 0.05) is 29.6 Å². The van der Waals surface area contributed by atoms with Crippen LogP contribution in [0.5, 0.6) is 0 Å². The van der Waals surface area contributed by atoms with E-state index in [4.69, 9.17) is 9.47 Å². The summed E-state index contributed by atoms with van der Waals surface area (Å²) in [6.07, 6.45) is 5.59. The summed E-state index contributed by atoms with van der Waals surface area (Å²) in [7, 11) is 0. The van der Waals surface area contributed by atoms with Crippen LogP contribution in [0.4, 0.5) is 0 Å². The molecule has 3 atom stereocenters. The molecule has 2 aromatic rings. The van der Waals surface area contributed by atoms with E-state index in [9.17, 15) is 4.79 Å². The molecule has 1 aromatic carbocycles. The molecule has 1 aliphatic heterocycles. The van der Waals surface area contributed by atoms with E-state index in [0.717, 1.165) is 29.3 Å². The number of fused-ring (bicyclic) bond motifs is 2. The number of hydrogen-bond acceptors (Lipinski definition) is 4. The maximum atomic E-state index is 13.2. The Balaban J connectivity index is 1.51. The van der Waals surface area contributed by atoms with Crippen molar-refractivity contribution in [3.05, 3.63) is 54.7 Å². The van der Waals surface area contributed by atoms with Crippen molar-refractivity contribution in [1.82, 2.24) is 9.88 Å². The Morgan fingerprint density at radius 2 is 2.31 bits per heavy atom. The van der Waals surface area contributed by atoms with E-state index < -0.39 is 0 Å². The van der Waals surface area contributed by atoms with Crippen LogP contribution in [0.3, 0.4) is 0 Å². The third-order valence-electron chi connectivity index (χ3n) is 5.40. The predicted molar refractivity (Wildman–Crippen MR) is 100 cm³/mol. The summed E-state index contributed by atoms with van der Waals surface area (Å²) in [4.78, 5) is 19.5. The van der Waals surface area contributed by atoms with Gasteiger partial charge in [-0.1, -0.05) is 12.1 Å². The van der Waals surface area contributed by atoms with Gasteiger partial charge in [-0.2, -0.15) is 0 Å². The zero-order valence-corrected chi connectivity index (χ0v) is 14.8. The van der Waals surface area contributed by atoms with Crippen LogP contribution < -0.4 is 0 Å². The first kappa shape index (κ1) is 17.2.